The molecule has 1 fully saturated rings. The number of aromatic carboxylic acids is 1. The van der Waals surface area contributed by atoms with Crippen molar-refractivity contribution in [3.63, 3.8) is 0 Å². The van der Waals surface area contributed by atoms with Gasteiger partial charge in [-0.2, -0.15) is 0 Å². The van der Waals surface area contributed by atoms with E-state index in [4.69, 9.17) is 14.3 Å². The third-order valence-corrected chi connectivity index (χ3v) is 2.72. The van der Waals surface area contributed by atoms with Gasteiger partial charge in [-0.1, -0.05) is 0 Å². The Kier molecular flexibility index (Phi) is 3.46. The molecule has 0 amide bonds. The largest absolute Gasteiger partial charge is 0.475 e. The van der Waals surface area contributed by atoms with Crippen LogP contribution in [0.2, 0.25) is 0 Å². The van der Waals surface area contributed by atoms with Crippen molar-refractivity contribution in [2.75, 3.05) is 25.1 Å². The Morgan fingerprint density at radius 3 is 2.81 bits per heavy atom. The third kappa shape index (κ3) is 2.76. The fraction of sp³-hybridized carbons (Fsp3) is 0.545. The number of furan rings is 1. The van der Waals surface area contributed by atoms with Gasteiger partial charge in [-0.25, -0.2) is 4.79 Å². The van der Waals surface area contributed by atoms with Crippen molar-refractivity contribution in [1.82, 2.24) is 0 Å². The molecule has 0 unspecified atom stereocenters. The molecule has 1 aliphatic rings. The number of hydrogen-bond acceptors (Lipinski definition) is 4. The SMILES string of the molecule is O=C(O)c1ccc(NCC2CCOCC2)o1. The summed E-state index contributed by atoms with van der Waals surface area (Å²) in [5.74, 6) is 0.0182. The second-order valence-corrected chi connectivity index (χ2v) is 3.91. The zero-order valence-corrected chi connectivity index (χ0v) is 8.94. The van der Waals surface area contributed by atoms with Gasteiger partial charge < -0.3 is 19.6 Å². The zero-order valence-electron chi connectivity index (χ0n) is 8.94. The van der Waals surface area contributed by atoms with Crippen molar-refractivity contribution in [2.45, 2.75) is 12.8 Å². The molecule has 0 atom stereocenters. The van der Waals surface area contributed by atoms with Crippen molar-refractivity contribution in [3.05, 3.63) is 17.9 Å². The van der Waals surface area contributed by atoms with Crippen LogP contribution in [0, 0.1) is 5.92 Å². The van der Waals surface area contributed by atoms with E-state index in [2.05, 4.69) is 5.32 Å². The summed E-state index contributed by atoms with van der Waals surface area (Å²) in [6, 6.07) is 3.09. The van der Waals surface area contributed by atoms with E-state index in [1.54, 1.807) is 6.07 Å². The molecular weight excluding hydrogens is 210 g/mol. The van der Waals surface area contributed by atoms with Gasteiger partial charge in [-0.05, 0) is 24.8 Å². The Labute approximate surface area is 93.4 Å². The van der Waals surface area contributed by atoms with Crippen LogP contribution in [0.5, 0.6) is 0 Å². The first kappa shape index (κ1) is 11.0. The molecule has 1 aromatic heterocycles. The minimum Gasteiger partial charge on any atom is -0.475 e. The van der Waals surface area contributed by atoms with Crippen LogP contribution in [0.25, 0.3) is 0 Å². The summed E-state index contributed by atoms with van der Waals surface area (Å²) < 4.78 is 10.4. The fourth-order valence-electron chi connectivity index (χ4n) is 1.74. The average Bonchev–Trinajstić information content (AvgIpc) is 2.76. The Balaban J connectivity index is 1.81. The summed E-state index contributed by atoms with van der Waals surface area (Å²) in [5, 5.41) is 11.8. The van der Waals surface area contributed by atoms with Gasteiger partial charge in [-0.3, -0.25) is 0 Å². The lowest BCUT2D eigenvalue weighted by Crippen LogP contribution is -2.22. The number of carboxylic acids is 1. The van der Waals surface area contributed by atoms with Crippen LogP contribution in [0.15, 0.2) is 16.5 Å². The summed E-state index contributed by atoms with van der Waals surface area (Å²) in [7, 11) is 0. The van der Waals surface area contributed by atoms with E-state index in [1.165, 1.54) is 6.07 Å². The maximum Gasteiger partial charge on any atom is 0.371 e. The van der Waals surface area contributed by atoms with E-state index >= 15 is 0 Å². The van der Waals surface area contributed by atoms with Crippen LogP contribution in [-0.4, -0.2) is 30.8 Å². The van der Waals surface area contributed by atoms with E-state index in [0.717, 1.165) is 32.6 Å². The smallest absolute Gasteiger partial charge is 0.371 e. The van der Waals surface area contributed by atoms with Crippen LogP contribution in [-0.2, 0) is 4.74 Å². The highest BCUT2D eigenvalue weighted by Crippen LogP contribution is 2.18. The molecule has 2 rings (SSSR count). The maximum atomic E-state index is 10.6. The van der Waals surface area contributed by atoms with Gasteiger partial charge in [0, 0.05) is 25.8 Å². The van der Waals surface area contributed by atoms with Gasteiger partial charge in [0.25, 0.3) is 0 Å². The van der Waals surface area contributed by atoms with E-state index in [1.807, 2.05) is 0 Å². The van der Waals surface area contributed by atoms with Crippen molar-refractivity contribution in [1.29, 1.82) is 0 Å². The van der Waals surface area contributed by atoms with Gasteiger partial charge in [0.05, 0.1) is 0 Å². The summed E-state index contributed by atoms with van der Waals surface area (Å²) in [6.07, 6.45) is 2.08. The molecule has 0 saturated carbocycles. The molecule has 5 nitrogen and oxygen atoms in total. The molecule has 2 heterocycles. The molecule has 0 bridgehead atoms. The molecule has 0 radical (unpaired) electrons. The molecule has 2 N–H and O–H groups in total. The topological polar surface area (TPSA) is 71.7 Å². The lowest BCUT2D eigenvalue weighted by molar-refractivity contribution is 0.0663. The number of carbonyl (C=O) groups is 1. The second-order valence-electron chi connectivity index (χ2n) is 3.91. The highest BCUT2D eigenvalue weighted by molar-refractivity contribution is 5.84. The highest BCUT2D eigenvalue weighted by atomic mass is 16.5. The van der Waals surface area contributed by atoms with Crippen molar-refractivity contribution >= 4 is 11.9 Å². The Bertz CT molecular complexity index is 355. The van der Waals surface area contributed by atoms with E-state index in [0.29, 0.717) is 11.8 Å². The van der Waals surface area contributed by atoms with Crippen LogP contribution in [0.4, 0.5) is 5.88 Å². The van der Waals surface area contributed by atoms with E-state index in [9.17, 15) is 4.79 Å². The van der Waals surface area contributed by atoms with Crippen LogP contribution in [0.1, 0.15) is 23.4 Å². The molecule has 16 heavy (non-hydrogen) atoms. The first-order valence-corrected chi connectivity index (χ1v) is 5.40. The Hall–Kier alpha value is -1.49. The number of anilines is 1. The van der Waals surface area contributed by atoms with Gasteiger partial charge >= 0.3 is 5.97 Å². The number of hydrogen-bond donors (Lipinski definition) is 2. The molecule has 0 spiro atoms. The minimum atomic E-state index is -1.04. The summed E-state index contributed by atoms with van der Waals surface area (Å²) in [5.41, 5.74) is 0. The van der Waals surface area contributed by atoms with E-state index < -0.39 is 5.97 Å². The number of ether oxygens (including phenoxy) is 1. The third-order valence-electron chi connectivity index (χ3n) is 2.72. The molecule has 5 heteroatoms. The molecule has 0 aromatic carbocycles. The Morgan fingerprint density at radius 1 is 1.44 bits per heavy atom. The van der Waals surface area contributed by atoms with Crippen LogP contribution in [0.3, 0.4) is 0 Å². The van der Waals surface area contributed by atoms with Crippen molar-refractivity contribution < 1.29 is 19.1 Å². The lowest BCUT2D eigenvalue weighted by atomic mass is 10.0. The number of rotatable bonds is 4. The quantitative estimate of drug-likeness (QED) is 0.817. The zero-order chi connectivity index (χ0) is 11.4. The maximum absolute atomic E-state index is 10.6. The highest BCUT2D eigenvalue weighted by Gasteiger charge is 2.14. The van der Waals surface area contributed by atoms with Crippen molar-refractivity contribution in [3.8, 4) is 0 Å². The van der Waals surface area contributed by atoms with Crippen LogP contribution >= 0.6 is 0 Å². The Morgan fingerprint density at radius 2 is 2.19 bits per heavy atom. The predicted octanol–water partition coefficient (Wildman–Crippen LogP) is 1.82. The summed E-state index contributed by atoms with van der Waals surface area (Å²) in [4.78, 5) is 10.6. The lowest BCUT2D eigenvalue weighted by Gasteiger charge is -2.21. The van der Waals surface area contributed by atoms with Crippen molar-refractivity contribution in [2.24, 2.45) is 5.92 Å². The standard InChI is InChI=1S/C11H15NO4/c13-11(14)9-1-2-10(16-9)12-7-8-3-5-15-6-4-8/h1-2,8,12H,3-7H2,(H,13,14). The fourth-order valence-corrected chi connectivity index (χ4v) is 1.74. The first-order chi connectivity index (χ1) is 7.75. The molecular formula is C11H15NO4. The number of nitrogens with one attached hydrogen (secondary N) is 1. The summed E-state index contributed by atoms with van der Waals surface area (Å²) in [6.45, 7) is 2.42. The average molecular weight is 225 g/mol. The molecule has 1 aromatic rings. The van der Waals surface area contributed by atoms with Gasteiger partial charge in [-0.15, -0.1) is 0 Å². The normalized spacial score (nSPS) is 17.2. The second kappa shape index (κ2) is 5.03. The molecule has 1 saturated heterocycles. The minimum absolute atomic E-state index is 0.0329. The first-order valence-electron chi connectivity index (χ1n) is 5.40. The van der Waals surface area contributed by atoms with Crippen LogP contribution < -0.4 is 5.32 Å². The molecule has 1 aliphatic heterocycles. The predicted molar refractivity (Wildman–Crippen MR) is 57.7 cm³/mol. The van der Waals surface area contributed by atoms with Gasteiger partial charge in [0.15, 0.2) is 5.88 Å². The van der Waals surface area contributed by atoms with Gasteiger partial charge in [0.2, 0.25) is 5.76 Å². The molecule has 88 valence electrons. The monoisotopic (exact) mass is 225 g/mol. The van der Waals surface area contributed by atoms with E-state index in [-0.39, 0.29) is 5.76 Å². The van der Waals surface area contributed by atoms with Gasteiger partial charge in [0.1, 0.15) is 0 Å². The summed E-state index contributed by atoms with van der Waals surface area (Å²) >= 11 is 0. The number of carboxylic acid groups (broad SMARTS) is 1. The molecule has 0 aliphatic carbocycles.